The number of carbonyl (C=O) groups is 2. The monoisotopic (exact) mass is 325 g/mol. The second kappa shape index (κ2) is 8.72. The fraction of sp³-hybridized carbons (Fsp3) is 0.263. The summed E-state index contributed by atoms with van der Waals surface area (Å²) in [6.45, 7) is 4.19. The van der Waals surface area contributed by atoms with Gasteiger partial charge in [-0.25, -0.2) is 0 Å². The first-order chi connectivity index (χ1) is 11.6. The summed E-state index contributed by atoms with van der Waals surface area (Å²) < 4.78 is 0. The van der Waals surface area contributed by atoms with Crippen molar-refractivity contribution in [2.24, 2.45) is 0 Å². The van der Waals surface area contributed by atoms with Crippen LogP contribution in [0, 0.1) is 0 Å². The van der Waals surface area contributed by atoms with Gasteiger partial charge in [0.05, 0.1) is 6.54 Å². The minimum absolute atomic E-state index is 0.0527. The van der Waals surface area contributed by atoms with Gasteiger partial charge in [0.25, 0.3) is 5.91 Å². The Hall–Kier alpha value is -2.82. The van der Waals surface area contributed by atoms with Crippen molar-refractivity contribution in [3.05, 3.63) is 60.2 Å². The molecule has 2 rings (SSSR count). The van der Waals surface area contributed by atoms with Gasteiger partial charge in [0, 0.05) is 23.0 Å². The van der Waals surface area contributed by atoms with E-state index in [1.54, 1.807) is 18.2 Å². The zero-order chi connectivity index (χ0) is 17.4. The van der Waals surface area contributed by atoms with Crippen molar-refractivity contribution < 1.29 is 9.59 Å². The molecular formula is C19H23N3O2. The van der Waals surface area contributed by atoms with Gasteiger partial charge in [-0.1, -0.05) is 31.2 Å². The second-order valence-corrected chi connectivity index (χ2v) is 5.63. The predicted octanol–water partition coefficient (Wildman–Crippen LogP) is 3.27. The number of benzene rings is 2. The van der Waals surface area contributed by atoms with Crippen molar-refractivity contribution in [3.63, 3.8) is 0 Å². The van der Waals surface area contributed by atoms with E-state index >= 15 is 0 Å². The van der Waals surface area contributed by atoms with Crippen LogP contribution in [0.5, 0.6) is 0 Å². The molecule has 1 unspecified atom stereocenters. The Bertz CT molecular complexity index is 686. The van der Waals surface area contributed by atoms with Gasteiger partial charge < -0.3 is 16.0 Å². The van der Waals surface area contributed by atoms with Crippen LogP contribution < -0.4 is 16.0 Å². The highest BCUT2D eigenvalue weighted by atomic mass is 16.2. The van der Waals surface area contributed by atoms with Crippen LogP contribution in [-0.4, -0.2) is 24.4 Å². The number of hydrogen-bond donors (Lipinski definition) is 3. The molecule has 5 heteroatoms. The van der Waals surface area contributed by atoms with Crippen LogP contribution in [0.2, 0.25) is 0 Å². The van der Waals surface area contributed by atoms with E-state index in [0.29, 0.717) is 11.3 Å². The molecule has 24 heavy (non-hydrogen) atoms. The Balaban J connectivity index is 1.92. The molecule has 5 nitrogen and oxygen atoms in total. The summed E-state index contributed by atoms with van der Waals surface area (Å²) in [5, 5.41) is 8.81. The Morgan fingerprint density at radius 2 is 1.71 bits per heavy atom. The van der Waals surface area contributed by atoms with Crippen molar-refractivity contribution in [1.82, 2.24) is 5.32 Å². The van der Waals surface area contributed by atoms with Gasteiger partial charge in [-0.3, -0.25) is 9.59 Å². The van der Waals surface area contributed by atoms with Crippen molar-refractivity contribution in [2.75, 3.05) is 17.2 Å². The standard InChI is InChI=1S/C19H23N3O2/c1-3-14(2)21-18(23)13-20-16-10-7-11-17(12-16)22-19(24)15-8-5-4-6-9-15/h4-12,14,20H,3,13H2,1-2H3,(H,21,23)(H,22,24). The largest absolute Gasteiger partial charge is 0.376 e. The molecule has 0 aliphatic carbocycles. The van der Waals surface area contributed by atoms with Crippen molar-refractivity contribution in [1.29, 1.82) is 0 Å². The summed E-state index contributed by atoms with van der Waals surface area (Å²) in [4.78, 5) is 23.9. The lowest BCUT2D eigenvalue weighted by Crippen LogP contribution is -2.36. The third kappa shape index (κ3) is 5.43. The fourth-order valence-corrected chi connectivity index (χ4v) is 2.11. The molecule has 0 spiro atoms. The first kappa shape index (κ1) is 17.5. The lowest BCUT2D eigenvalue weighted by Gasteiger charge is -2.13. The summed E-state index contributed by atoms with van der Waals surface area (Å²) in [5.74, 6) is -0.217. The minimum Gasteiger partial charge on any atom is -0.376 e. The number of anilines is 2. The lowest BCUT2D eigenvalue weighted by molar-refractivity contribution is -0.120. The normalized spacial score (nSPS) is 11.4. The molecule has 2 aromatic carbocycles. The van der Waals surface area contributed by atoms with Gasteiger partial charge in [-0.05, 0) is 43.7 Å². The quantitative estimate of drug-likeness (QED) is 0.732. The maximum atomic E-state index is 12.2. The van der Waals surface area contributed by atoms with Crippen molar-refractivity contribution >= 4 is 23.2 Å². The number of nitrogens with one attached hydrogen (secondary N) is 3. The van der Waals surface area contributed by atoms with Gasteiger partial charge in [-0.2, -0.15) is 0 Å². The molecule has 0 fully saturated rings. The van der Waals surface area contributed by atoms with Gasteiger partial charge >= 0.3 is 0 Å². The summed E-state index contributed by atoms with van der Waals surface area (Å²) in [5.41, 5.74) is 2.06. The molecule has 1 atom stereocenters. The molecule has 0 aliphatic rings. The van der Waals surface area contributed by atoms with Crippen LogP contribution in [0.25, 0.3) is 0 Å². The molecule has 0 saturated carbocycles. The summed E-state index contributed by atoms with van der Waals surface area (Å²) in [6, 6.07) is 16.5. The second-order valence-electron chi connectivity index (χ2n) is 5.63. The SMILES string of the molecule is CCC(C)NC(=O)CNc1cccc(NC(=O)c2ccccc2)c1. The fourth-order valence-electron chi connectivity index (χ4n) is 2.11. The molecule has 0 radical (unpaired) electrons. The maximum Gasteiger partial charge on any atom is 0.255 e. The van der Waals surface area contributed by atoms with E-state index in [0.717, 1.165) is 12.1 Å². The van der Waals surface area contributed by atoms with E-state index in [9.17, 15) is 9.59 Å². The summed E-state index contributed by atoms with van der Waals surface area (Å²) >= 11 is 0. The molecular weight excluding hydrogens is 302 g/mol. The lowest BCUT2D eigenvalue weighted by atomic mass is 10.2. The Morgan fingerprint density at radius 1 is 1.00 bits per heavy atom. The molecule has 2 aromatic rings. The number of carbonyl (C=O) groups excluding carboxylic acids is 2. The minimum atomic E-state index is -0.165. The van der Waals surface area contributed by atoms with Crippen LogP contribution in [0.4, 0.5) is 11.4 Å². The summed E-state index contributed by atoms with van der Waals surface area (Å²) in [6.07, 6.45) is 0.896. The molecule has 0 heterocycles. The first-order valence-corrected chi connectivity index (χ1v) is 8.08. The van der Waals surface area contributed by atoms with E-state index in [2.05, 4.69) is 16.0 Å². The van der Waals surface area contributed by atoms with Gasteiger partial charge in [0.1, 0.15) is 0 Å². The summed E-state index contributed by atoms with van der Waals surface area (Å²) in [7, 11) is 0. The Labute approximate surface area is 142 Å². The van der Waals surface area contributed by atoms with E-state index < -0.39 is 0 Å². The van der Waals surface area contributed by atoms with Gasteiger partial charge in [0.2, 0.25) is 5.91 Å². The highest BCUT2D eigenvalue weighted by molar-refractivity contribution is 6.04. The van der Waals surface area contributed by atoms with E-state index in [4.69, 9.17) is 0 Å². The topological polar surface area (TPSA) is 70.2 Å². The number of hydrogen-bond acceptors (Lipinski definition) is 3. The highest BCUT2D eigenvalue weighted by Crippen LogP contribution is 2.16. The molecule has 0 saturated heterocycles. The van der Waals surface area contributed by atoms with Crippen LogP contribution in [0.3, 0.4) is 0 Å². The van der Waals surface area contributed by atoms with E-state index in [1.165, 1.54) is 0 Å². The predicted molar refractivity (Wildman–Crippen MR) is 97.2 cm³/mol. The third-order valence-corrected chi connectivity index (χ3v) is 3.63. The Kier molecular flexibility index (Phi) is 6.37. The first-order valence-electron chi connectivity index (χ1n) is 8.08. The van der Waals surface area contributed by atoms with Crippen molar-refractivity contribution in [3.8, 4) is 0 Å². The van der Waals surface area contributed by atoms with Crippen LogP contribution >= 0.6 is 0 Å². The number of rotatable bonds is 7. The maximum absolute atomic E-state index is 12.2. The Morgan fingerprint density at radius 3 is 2.42 bits per heavy atom. The molecule has 0 aromatic heterocycles. The smallest absolute Gasteiger partial charge is 0.255 e. The van der Waals surface area contributed by atoms with E-state index in [1.807, 2.05) is 50.2 Å². The van der Waals surface area contributed by atoms with Gasteiger partial charge in [-0.15, -0.1) is 0 Å². The average Bonchev–Trinajstić information content (AvgIpc) is 2.61. The molecule has 126 valence electrons. The van der Waals surface area contributed by atoms with Crippen LogP contribution in [0.1, 0.15) is 30.6 Å². The highest BCUT2D eigenvalue weighted by Gasteiger charge is 2.07. The molecule has 0 bridgehead atoms. The zero-order valence-corrected chi connectivity index (χ0v) is 14.0. The van der Waals surface area contributed by atoms with Gasteiger partial charge in [0.15, 0.2) is 0 Å². The molecule has 2 amide bonds. The average molecular weight is 325 g/mol. The van der Waals surface area contributed by atoms with E-state index in [-0.39, 0.29) is 24.4 Å². The molecule has 0 aliphatic heterocycles. The van der Waals surface area contributed by atoms with Crippen molar-refractivity contribution in [2.45, 2.75) is 26.3 Å². The third-order valence-electron chi connectivity index (χ3n) is 3.63. The van der Waals surface area contributed by atoms with Crippen LogP contribution in [-0.2, 0) is 4.79 Å². The number of amides is 2. The zero-order valence-electron chi connectivity index (χ0n) is 14.0. The molecule has 3 N–H and O–H groups in total. The van der Waals surface area contributed by atoms with Crippen LogP contribution in [0.15, 0.2) is 54.6 Å².